The molecule has 7 heteroatoms. The minimum Gasteiger partial charge on any atom is -0.479 e. The molecule has 2 N–H and O–H groups in total. The van der Waals surface area contributed by atoms with Crippen LogP contribution in [0.3, 0.4) is 0 Å². The summed E-state index contributed by atoms with van der Waals surface area (Å²) in [5, 5.41) is 11.9. The SMILES string of the molecule is O=C(CN1C(=O)CCc2ccccc21)NC1(C(=O)O)CCOC1. The molecule has 1 aromatic carbocycles. The molecule has 2 heterocycles. The molecular weight excluding hydrogens is 300 g/mol. The number of anilines is 1. The van der Waals surface area contributed by atoms with E-state index in [2.05, 4.69) is 5.32 Å². The Morgan fingerprint density at radius 2 is 2.09 bits per heavy atom. The Kier molecular flexibility index (Phi) is 4.04. The maximum absolute atomic E-state index is 12.3. The Morgan fingerprint density at radius 3 is 2.78 bits per heavy atom. The molecule has 2 aliphatic rings. The van der Waals surface area contributed by atoms with Gasteiger partial charge in [0.05, 0.1) is 6.61 Å². The van der Waals surface area contributed by atoms with Gasteiger partial charge in [-0.3, -0.25) is 9.59 Å². The molecule has 0 saturated carbocycles. The third-order valence-electron chi connectivity index (χ3n) is 4.30. The number of ether oxygens (including phenoxy) is 1. The van der Waals surface area contributed by atoms with Crippen LogP contribution in [0.2, 0.25) is 0 Å². The van der Waals surface area contributed by atoms with Crippen molar-refractivity contribution in [1.82, 2.24) is 5.32 Å². The Hall–Kier alpha value is -2.41. The van der Waals surface area contributed by atoms with E-state index in [1.165, 1.54) is 4.90 Å². The molecule has 1 aromatic rings. The molecule has 1 atom stereocenters. The predicted molar refractivity (Wildman–Crippen MR) is 81.1 cm³/mol. The van der Waals surface area contributed by atoms with Gasteiger partial charge in [-0.1, -0.05) is 18.2 Å². The molecule has 3 rings (SSSR count). The predicted octanol–water partition coefficient (Wildman–Crippen LogP) is 0.326. The van der Waals surface area contributed by atoms with Gasteiger partial charge in [-0.25, -0.2) is 4.79 Å². The lowest BCUT2D eigenvalue weighted by molar-refractivity contribution is -0.147. The summed E-state index contributed by atoms with van der Waals surface area (Å²) in [4.78, 5) is 37.3. The Morgan fingerprint density at radius 1 is 1.30 bits per heavy atom. The van der Waals surface area contributed by atoms with E-state index in [1.54, 1.807) is 6.07 Å². The van der Waals surface area contributed by atoms with Crippen molar-refractivity contribution in [2.45, 2.75) is 24.8 Å². The van der Waals surface area contributed by atoms with Crippen molar-refractivity contribution in [3.05, 3.63) is 29.8 Å². The Labute approximate surface area is 133 Å². The third-order valence-corrected chi connectivity index (χ3v) is 4.30. The number of nitrogens with one attached hydrogen (secondary N) is 1. The second-order valence-corrected chi connectivity index (χ2v) is 5.85. The van der Waals surface area contributed by atoms with Gasteiger partial charge >= 0.3 is 5.97 Å². The highest BCUT2D eigenvalue weighted by atomic mass is 16.5. The first-order valence-corrected chi connectivity index (χ1v) is 7.52. The van der Waals surface area contributed by atoms with Crippen LogP contribution in [0.1, 0.15) is 18.4 Å². The van der Waals surface area contributed by atoms with E-state index in [0.29, 0.717) is 18.5 Å². The van der Waals surface area contributed by atoms with Crippen LogP contribution in [0.4, 0.5) is 5.69 Å². The first-order chi connectivity index (χ1) is 11.0. The number of para-hydroxylation sites is 1. The number of aryl methyl sites for hydroxylation is 1. The zero-order chi connectivity index (χ0) is 16.4. The van der Waals surface area contributed by atoms with Crippen molar-refractivity contribution in [1.29, 1.82) is 0 Å². The zero-order valence-corrected chi connectivity index (χ0v) is 12.6. The molecule has 2 amide bonds. The van der Waals surface area contributed by atoms with Gasteiger partial charge in [0.2, 0.25) is 11.8 Å². The van der Waals surface area contributed by atoms with E-state index in [9.17, 15) is 19.5 Å². The van der Waals surface area contributed by atoms with Gasteiger partial charge in [0.15, 0.2) is 5.54 Å². The van der Waals surface area contributed by atoms with Crippen LogP contribution in [0.5, 0.6) is 0 Å². The lowest BCUT2D eigenvalue weighted by Gasteiger charge is -2.30. The highest BCUT2D eigenvalue weighted by molar-refractivity contribution is 6.01. The normalized spacial score (nSPS) is 23.5. The summed E-state index contributed by atoms with van der Waals surface area (Å²) in [6.45, 7) is 0.0432. The fraction of sp³-hybridized carbons (Fsp3) is 0.438. The van der Waals surface area contributed by atoms with Crippen LogP contribution in [0, 0.1) is 0 Å². The maximum atomic E-state index is 12.3. The zero-order valence-electron chi connectivity index (χ0n) is 12.6. The largest absolute Gasteiger partial charge is 0.479 e. The summed E-state index contributed by atoms with van der Waals surface area (Å²) in [6.07, 6.45) is 1.22. The summed E-state index contributed by atoms with van der Waals surface area (Å²) >= 11 is 0. The Bertz CT molecular complexity index is 652. The highest BCUT2D eigenvalue weighted by Crippen LogP contribution is 2.27. The van der Waals surface area contributed by atoms with Crippen LogP contribution >= 0.6 is 0 Å². The van der Waals surface area contributed by atoms with E-state index in [-0.39, 0.29) is 32.1 Å². The smallest absolute Gasteiger partial charge is 0.331 e. The maximum Gasteiger partial charge on any atom is 0.331 e. The van der Waals surface area contributed by atoms with E-state index in [0.717, 1.165) is 5.56 Å². The number of carbonyl (C=O) groups excluding carboxylic acids is 2. The molecule has 0 spiro atoms. The van der Waals surface area contributed by atoms with Crippen molar-refractivity contribution in [3.63, 3.8) is 0 Å². The third kappa shape index (κ3) is 2.92. The molecule has 7 nitrogen and oxygen atoms in total. The molecule has 2 aliphatic heterocycles. The summed E-state index contributed by atoms with van der Waals surface area (Å²) in [7, 11) is 0. The fourth-order valence-corrected chi connectivity index (χ4v) is 3.01. The van der Waals surface area contributed by atoms with E-state index < -0.39 is 17.4 Å². The standard InChI is InChI=1S/C16H18N2O5/c19-13(17-16(15(21)22)7-8-23-10-16)9-18-12-4-2-1-3-11(12)5-6-14(18)20/h1-4H,5-10H2,(H,17,19)(H,21,22). The fourth-order valence-electron chi connectivity index (χ4n) is 3.01. The van der Waals surface area contributed by atoms with Crippen LogP contribution in [-0.2, 0) is 25.5 Å². The lowest BCUT2D eigenvalue weighted by Crippen LogP contribution is -2.57. The molecule has 23 heavy (non-hydrogen) atoms. The van der Waals surface area contributed by atoms with E-state index >= 15 is 0 Å². The topological polar surface area (TPSA) is 95.9 Å². The number of benzene rings is 1. The van der Waals surface area contributed by atoms with Gasteiger partial charge in [-0.15, -0.1) is 0 Å². The van der Waals surface area contributed by atoms with E-state index in [1.807, 2.05) is 18.2 Å². The molecule has 1 fully saturated rings. The second kappa shape index (κ2) is 6.00. The molecule has 0 aliphatic carbocycles. The monoisotopic (exact) mass is 318 g/mol. The number of aliphatic carboxylic acids is 1. The summed E-state index contributed by atoms with van der Waals surface area (Å²) in [6, 6.07) is 7.43. The van der Waals surface area contributed by atoms with Crippen LogP contribution in [0.15, 0.2) is 24.3 Å². The van der Waals surface area contributed by atoms with Gasteiger partial charge in [0.1, 0.15) is 6.54 Å². The van der Waals surface area contributed by atoms with Crippen molar-refractivity contribution < 1.29 is 24.2 Å². The Balaban J connectivity index is 1.75. The number of carbonyl (C=O) groups is 3. The first-order valence-electron chi connectivity index (χ1n) is 7.52. The minimum absolute atomic E-state index is 0.0569. The van der Waals surface area contributed by atoms with Crippen LogP contribution in [0.25, 0.3) is 0 Å². The van der Waals surface area contributed by atoms with Gasteiger partial charge in [-0.05, 0) is 18.1 Å². The first kappa shape index (κ1) is 15.5. The van der Waals surface area contributed by atoms with Crippen molar-refractivity contribution in [2.24, 2.45) is 0 Å². The van der Waals surface area contributed by atoms with Crippen molar-refractivity contribution in [2.75, 3.05) is 24.7 Å². The van der Waals surface area contributed by atoms with Crippen LogP contribution in [-0.4, -0.2) is 48.2 Å². The highest BCUT2D eigenvalue weighted by Gasteiger charge is 2.44. The van der Waals surface area contributed by atoms with Crippen LogP contribution < -0.4 is 10.2 Å². The second-order valence-electron chi connectivity index (χ2n) is 5.85. The van der Waals surface area contributed by atoms with E-state index in [4.69, 9.17) is 4.74 Å². The average Bonchev–Trinajstić information content (AvgIpc) is 3.00. The van der Waals surface area contributed by atoms with Crippen molar-refractivity contribution in [3.8, 4) is 0 Å². The molecule has 1 saturated heterocycles. The molecule has 1 unspecified atom stereocenters. The molecule has 122 valence electrons. The average molecular weight is 318 g/mol. The minimum atomic E-state index is -1.39. The lowest BCUT2D eigenvalue weighted by atomic mass is 9.98. The van der Waals surface area contributed by atoms with Gasteiger partial charge in [-0.2, -0.15) is 0 Å². The number of rotatable bonds is 4. The van der Waals surface area contributed by atoms with Gasteiger partial charge in [0, 0.05) is 25.1 Å². The number of carboxylic acid groups (broad SMARTS) is 1. The van der Waals surface area contributed by atoms with Gasteiger partial charge in [0.25, 0.3) is 0 Å². The summed E-state index contributed by atoms with van der Waals surface area (Å²) in [5.41, 5.74) is 0.332. The molecular formula is C16H18N2O5. The number of hydrogen-bond donors (Lipinski definition) is 2. The molecule has 0 bridgehead atoms. The molecule has 0 radical (unpaired) electrons. The number of carboxylic acids is 1. The summed E-state index contributed by atoms with van der Waals surface area (Å²) < 4.78 is 5.11. The quantitative estimate of drug-likeness (QED) is 0.834. The number of amides is 2. The molecule has 0 aromatic heterocycles. The summed E-state index contributed by atoms with van der Waals surface area (Å²) in [5.74, 6) is -1.75. The number of hydrogen-bond acceptors (Lipinski definition) is 4. The number of nitrogens with zero attached hydrogens (tertiary/aromatic N) is 1. The van der Waals surface area contributed by atoms with Crippen molar-refractivity contribution >= 4 is 23.5 Å². The van der Waals surface area contributed by atoms with Gasteiger partial charge < -0.3 is 20.1 Å². The number of fused-ring (bicyclic) bond motifs is 1.